The summed E-state index contributed by atoms with van der Waals surface area (Å²) < 4.78 is 5.59. The summed E-state index contributed by atoms with van der Waals surface area (Å²) in [6.45, 7) is 2.09. The maximum absolute atomic E-state index is 12.9. The van der Waals surface area contributed by atoms with E-state index in [1.165, 1.54) is 6.07 Å². The molecule has 0 aliphatic heterocycles. The molecule has 136 valence electrons. The highest BCUT2D eigenvalue weighted by atomic mass is 16.3. The molecule has 4 N–H and O–H groups in total. The summed E-state index contributed by atoms with van der Waals surface area (Å²) >= 11 is 0. The summed E-state index contributed by atoms with van der Waals surface area (Å²) in [5, 5.41) is 39.9. The topological polar surface area (TPSA) is 111 Å². The first-order valence-electron chi connectivity index (χ1n) is 8.45. The molecule has 1 heterocycles. The van der Waals surface area contributed by atoms with E-state index in [2.05, 4.69) is 6.92 Å². The van der Waals surface area contributed by atoms with Crippen LogP contribution in [0.5, 0.6) is 23.0 Å². The first-order chi connectivity index (χ1) is 12.4. The molecule has 0 fully saturated rings. The number of unbranched alkanes of at least 4 members (excludes halogenated alkanes) is 2. The average molecular weight is 356 g/mol. The lowest BCUT2D eigenvalue weighted by molar-refractivity contribution is 0.400. The zero-order valence-electron chi connectivity index (χ0n) is 14.3. The van der Waals surface area contributed by atoms with Gasteiger partial charge in [-0.05, 0) is 12.8 Å². The quantitative estimate of drug-likeness (QED) is 0.237. The van der Waals surface area contributed by atoms with E-state index in [4.69, 9.17) is 4.42 Å². The lowest BCUT2D eigenvalue weighted by atomic mass is 10.0. The largest absolute Gasteiger partial charge is 0.508 e. The van der Waals surface area contributed by atoms with Gasteiger partial charge in [0, 0.05) is 23.8 Å². The third-order valence-electron chi connectivity index (χ3n) is 4.30. The van der Waals surface area contributed by atoms with Gasteiger partial charge in [-0.1, -0.05) is 31.9 Å². The molecule has 0 atom stereocenters. The summed E-state index contributed by atoms with van der Waals surface area (Å²) in [7, 11) is 0. The van der Waals surface area contributed by atoms with Crippen LogP contribution < -0.4 is 5.43 Å². The molecule has 0 bridgehead atoms. The second-order valence-corrected chi connectivity index (χ2v) is 6.18. The van der Waals surface area contributed by atoms with E-state index in [1.54, 1.807) is 0 Å². The van der Waals surface area contributed by atoms with Crippen molar-refractivity contribution in [1.29, 1.82) is 0 Å². The van der Waals surface area contributed by atoms with Crippen LogP contribution in [-0.2, 0) is 6.42 Å². The van der Waals surface area contributed by atoms with Gasteiger partial charge in [-0.25, -0.2) is 0 Å². The molecular formula is C20H20O6. The zero-order chi connectivity index (χ0) is 18.8. The van der Waals surface area contributed by atoms with Gasteiger partial charge in [-0.15, -0.1) is 0 Å². The van der Waals surface area contributed by atoms with Crippen molar-refractivity contribution >= 4 is 21.9 Å². The highest BCUT2D eigenvalue weighted by molar-refractivity contribution is 5.96. The smallest absolute Gasteiger partial charge is 0.204 e. The monoisotopic (exact) mass is 356 g/mol. The molecule has 26 heavy (non-hydrogen) atoms. The lowest BCUT2D eigenvalue weighted by Gasteiger charge is -2.10. The van der Waals surface area contributed by atoms with Crippen molar-refractivity contribution in [3.8, 4) is 23.0 Å². The van der Waals surface area contributed by atoms with Gasteiger partial charge in [0.15, 0.2) is 11.5 Å². The van der Waals surface area contributed by atoms with Gasteiger partial charge in [-0.3, -0.25) is 4.79 Å². The Kier molecular flexibility index (Phi) is 4.75. The van der Waals surface area contributed by atoms with Crippen LogP contribution in [0.1, 0.15) is 31.7 Å². The highest BCUT2D eigenvalue weighted by Gasteiger charge is 2.20. The van der Waals surface area contributed by atoms with E-state index < -0.39 is 16.9 Å². The number of phenols is 4. The summed E-state index contributed by atoms with van der Waals surface area (Å²) in [4.78, 5) is 12.9. The van der Waals surface area contributed by atoms with Crippen molar-refractivity contribution in [1.82, 2.24) is 0 Å². The SMILES string of the molecule is CCCCC=CCc1c(O)c(O)cc2oc3cc(O)cc(O)c3c(=O)c12. The van der Waals surface area contributed by atoms with Crippen molar-refractivity contribution in [2.75, 3.05) is 0 Å². The fraction of sp³-hybridized carbons (Fsp3) is 0.250. The Labute approximate surface area is 149 Å². The molecule has 0 saturated heterocycles. The van der Waals surface area contributed by atoms with Crippen LogP contribution in [0.4, 0.5) is 0 Å². The van der Waals surface area contributed by atoms with Crippen LogP contribution in [0.2, 0.25) is 0 Å². The third kappa shape index (κ3) is 3.06. The molecule has 0 radical (unpaired) electrons. The minimum atomic E-state index is -0.536. The zero-order valence-corrected chi connectivity index (χ0v) is 14.3. The lowest BCUT2D eigenvalue weighted by Crippen LogP contribution is -2.06. The number of phenolic OH excluding ortho intramolecular Hbond substituents is 4. The number of hydrogen-bond donors (Lipinski definition) is 4. The molecule has 3 aromatic rings. The summed E-state index contributed by atoms with van der Waals surface area (Å²) in [5.41, 5.74) is -0.240. The summed E-state index contributed by atoms with van der Waals surface area (Å²) in [6.07, 6.45) is 6.99. The number of allylic oxidation sites excluding steroid dienone is 2. The molecule has 0 spiro atoms. The molecule has 2 aromatic carbocycles. The Hall–Kier alpha value is -3.15. The van der Waals surface area contributed by atoms with E-state index in [9.17, 15) is 25.2 Å². The number of hydrogen-bond acceptors (Lipinski definition) is 6. The second kappa shape index (κ2) is 7.00. The average Bonchev–Trinajstić information content (AvgIpc) is 2.57. The molecule has 6 nitrogen and oxygen atoms in total. The van der Waals surface area contributed by atoms with Crippen LogP contribution in [-0.4, -0.2) is 20.4 Å². The summed E-state index contributed by atoms with van der Waals surface area (Å²) in [6, 6.07) is 3.41. The van der Waals surface area contributed by atoms with Crippen molar-refractivity contribution in [3.05, 3.63) is 46.1 Å². The van der Waals surface area contributed by atoms with E-state index >= 15 is 0 Å². The first kappa shape index (κ1) is 17.7. The molecule has 0 aliphatic rings. The third-order valence-corrected chi connectivity index (χ3v) is 4.30. The van der Waals surface area contributed by atoms with Crippen LogP contribution in [0.15, 0.2) is 39.6 Å². The Morgan fingerprint density at radius 2 is 1.69 bits per heavy atom. The maximum Gasteiger partial charge on any atom is 0.204 e. The standard InChI is InChI=1S/C20H20O6/c1-2-3-4-5-6-7-12-17-16(10-14(23)19(12)24)26-15-9-11(21)8-13(22)18(15)20(17)25/h5-6,8-10,21-24H,2-4,7H2,1H3. The van der Waals surface area contributed by atoms with Crippen molar-refractivity contribution < 1.29 is 24.8 Å². The van der Waals surface area contributed by atoms with Crippen LogP contribution in [0, 0.1) is 0 Å². The van der Waals surface area contributed by atoms with Crippen molar-refractivity contribution in [2.24, 2.45) is 0 Å². The van der Waals surface area contributed by atoms with Crippen LogP contribution in [0.3, 0.4) is 0 Å². The first-order valence-corrected chi connectivity index (χ1v) is 8.45. The fourth-order valence-corrected chi connectivity index (χ4v) is 2.99. The van der Waals surface area contributed by atoms with E-state index in [-0.39, 0.29) is 45.4 Å². The maximum atomic E-state index is 12.9. The number of benzene rings is 2. The Morgan fingerprint density at radius 3 is 2.42 bits per heavy atom. The van der Waals surface area contributed by atoms with E-state index in [0.29, 0.717) is 0 Å². The van der Waals surface area contributed by atoms with Crippen molar-refractivity contribution in [2.45, 2.75) is 32.6 Å². The number of fused-ring (bicyclic) bond motifs is 2. The second-order valence-electron chi connectivity index (χ2n) is 6.18. The number of aromatic hydroxyl groups is 4. The highest BCUT2D eigenvalue weighted by Crippen LogP contribution is 2.38. The Bertz CT molecular complexity index is 1060. The van der Waals surface area contributed by atoms with Gasteiger partial charge in [0.05, 0.1) is 5.39 Å². The Balaban J connectivity index is 2.26. The van der Waals surface area contributed by atoms with Gasteiger partial charge in [0.25, 0.3) is 0 Å². The fourth-order valence-electron chi connectivity index (χ4n) is 2.99. The van der Waals surface area contributed by atoms with Crippen LogP contribution >= 0.6 is 0 Å². The molecule has 0 unspecified atom stereocenters. The summed E-state index contributed by atoms with van der Waals surface area (Å²) in [5.74, 6) is -1.45. The van der Waals surface area contributed by atoms with Crippen molar-refractivity contribution in [3.63, 3.8) is 0 Å². The van der Waals surface area contributed by atoms with Crippen LogP contribution in [0.25, 0.3) is 21.9 Å². The molecule has 0 saturated carbocycles. The molecule has 1 aromatic heterocycles. The molecule has 0 aliphatic carbocycles. The van der Waals surface area contributed by atoms with Gasteiger partial charge in [-0.2, -0.15) is 0 Å². The molecule has 3 rings (SSSR count). The Morgan fingerprint density at radius 1 is 0.962 bits per heavy atom. The minimum Gasteiger partial charge on any atom is -0.508 e. The van der Waals surface area contributed by atoms with E-state index in [0.717, 1.165) is 31.4 Å². The predicted molar refractivity (Wildman–Crippen MR) is 99.0 cm³/mol. The van der Waals surface area contributed by atoms with Gasteiger partial charge >= 0.3 is 0 Å². The molecular weight excluding hydrogens is 336 g/mol. The number of rotatable bonds is 5. The van der Waals surface area contributed by atoms with Gasteiger partial charge in [0.1, 0.15) is 28.1 Å². The van der Waals surface area contributed by atoms with E-state index in [1.807, 2.05) is 12.2 Å². The van der Waals surface area contributed by atoms with Gasteiger partial charge in [0.2, 0.25) is 5.43 Å². The minimum absolute atomic E-state index is 0.00507. The van der Waals surface area contributed by atoms with Gasteiger partial charge < -0.3 is 24.8 Å². The molecule has 6 heteroatoms. The normalized spacial score (nSPS) is 11.7. The molecule has 0 amide bonds. The predicted octanol–water partition coefficient (Wildman–Crippen LogP) is 4.06.